The summed E-state index contributed by atoms with van der Waals surface area (Å²) in [6.45, 7) is 19.3. The van der Waals surface area contributed by atoms with Crippen LogP contribution in [-0.4, -0.2) is 154 Å². The fourth-order valence-corrected chi connectivity index (χ4v) is 20.8. The average Bonchev–Trinajstić information content (AvgIpc) is 3.69. The number of benzene rings is 3. The molecule has 0 bridgehead atoms. The number of unbranched alkanes of at least 4 members (excludes halogenated alkanes) is 10. The molecule has 13 nitrogen and oxygen atoms in total. The molecule has 1 aliphatic carbocycles. The number of aliphatic hydroxyl groups is 4. The number of likely N-dealkylation sites (N-methyl/N-ethyl adjacent to an activating group) is 1. The summed E-state index contributed by atoms with van der Waals surface area (Å²) >= 11 is 0. The van der Waals surface area contributed by atoms with Gasteiger partial charge in [0.1, 0.15) is 17.8 Å². The van der Waals surface area contributed by atoms with E-state index in [0.717, 1.165) is 25.7 Å². The van der Waals surface area contributed by atoms with Gasteiger partial charge in [0.15, 0.2) is 6.29 Å². The Morgan fingerprint density at radius 1 is 0.726 bits per heavy atom. The van der Waals surface area contributed by atoms with Gasteiger partial charge in [0, 0.05) is 43.9 Å². The molecule has 3 aromatic carbocycles. The molecule has 1 unspecified atom stereocenters. The van der Waals surface area contributed by atoms with E-state index in [9.17, 15) is 25.2 Å². The van der Waals surface area contributed by atoms with Crippen molar-refractivity contribution in [2.45, 2.75) is 256 Å². The van der Waals surface area contributed by atoms with Gasteiger partial charge in [-0.05, 0) is 86.2 Å². The van der Waals surface area contributed by atoms with E-state index in [1.165, 1.54) is 67.0 Å². The first-order valence-corrected chi connectivity index (χ1v) is 34.7. The van der Waals surface area contributed by atoms with E-state index < -0.39 is 102 Å². The molecule has 4 N–H and O–H groups in total. The minimum atomic E-state index is -2.20. The van der Waals surface area contributed by atoms with E-state index in [1.54, 1.807) is 21.0 Å². The molecule has 0 aromatic heterocycles. The van der Waals surface area contributed by atoms with E-state index in [0.29, 0.717) is 25.7 Å². The second kappa shape index (κ2) is 29.8. The third-order valence-corrected chi connectivity index (χ3v) is 26.1. The van der Waals surface area contributed by atoms with Crippen molar-refractivity contribution in [3.05, 3.63) is 91.0 Å². The van der Waals surface area contributed by atoms with Crippen LogP contribution in [0.3, 0.4) is 0 Å². The molecule has 18 atom stereocenters. The SMILES string of the molecule is CC[C@@]12C[C@@]1(C)[C@H](O)[C@@H](C)N(C(=O)CCCCCCCCCCCCC[PH](c1ccccc1)(c1ccccc1)c1ccccc1)C[C@H](C)C[C@@](C)(O)[C@H](O[C@@H]1O[C@H](C)C[C@H](N(C)C)[C@H]1O)[C@@H](C)[C@H](C1C[C@@](C)(OC)[C@@H](O)[C@H](C)O1)[C@@H](C)C(=O)O2. The Morgan fingerprint density at radius 3 is 1.74 bits per heavy atom. The Bertz CT molecular complexity index is 2390. The Labute approximate surface area is 506 Å². The molecule has 472 valence electrons. The van der Waals surface area contributed by atoms with Crippen molar-refractivity contribution in [1.82, 2.24) is 9.80 Å². The number of hydrogen-bond donors (Lipinski definition) is 4. The minimum Gasteiger partial charge on any atom is -0.458 e. The summed E-state index contributed by atoms with van der Waals surface area (Å²) in [6, 6.07) is 32.8. The topological polar surface area (TPSA) is 168 Å². The number of ether oxygens (including phenoxy) is 5. The van der Waals surface area contributed by atoms with E-state index in [-0.39, 0.29) is 43.4 Å². The van der Waals surface area contributed by atoms with Crippen LogP contribution >= 0.6 is 7.26 Å². The zero-order chi connectivity index (χ0) is 61.2. The number of esters is 1. The summed E-state index contributed by atoms with van der Waals surface area (Å²) < 4.78 is 32.8. The number of rotatable bonds is 23. The van der Waals surface area contributed by atoms with Crippen molar-refractivity contribution in [1.29, 1.82) is 0 Å². The molecule has 14 heteroatoms. The van der Waals surface area contributed by atoms with Gasteiger partial charge < -0.3 is 53.9 Å². The number of amides is 1. The normalized spacial score (nSPS) is 36.5. The van der Waals surface area contributed by atoms with Gasteiger partial charge in [-0.25, -0.2) is 0 Å². The van der Waals surface area contributed by atoms with Crippen LogP contribution in [-0.2, 0) is 33.3 Å². The first-order chi connectivity index (χ1) is 39.9. The molecule has 4 aliphatic rings. The maximum atomic E-state index is 15.0. The number of hydrogen-bond acceptors (Lipinski definition) is 12. The van der Waals surface area contributed by atoms with E-state index in [4.69, 9.17) is 23.7 Å². The zero-order valence-electron chi connectivity index (χ0n) is 53.7. The van der Waals surface area contributed by atoms with Gasteiger partial charge in [-0.15, -0.1) is 0 Å². The molecule has 0 spiro atoms. The van der Waals surface area contributed by atoms with Crippen LogP contribution in [0.25, 0.3) is 0 Å². The Balaban J connectivity index is 0.995. The zero-order valence-corrected chi connectivity index (χ0v) is 54.7. The second-order valence-electron chi connectivity index (χ2n) is 27.6. The summed E-state index contributed by atoms with van der Waals surface area (Å²) in [5, 5.41) is 53.4. The number of methoxy groups -OCH3 is 1. The number of nitrogens with zero attached hydrogens (tertiary/aromatic N) is 2. The van der Waals surface area contributed by atoms with Crippen LogP contribution in [0.1, 0.15) is 178 Å². The van der Waals surface area contributed by atoms with E-state index in [2.05, 4.69) is 91.0 Å². The van der Waals surface area contributed by atoms with Crippen LogP contribution in [0.15, 0.2) is 91.0 Å². The molecule has 3 aliphatic heterocycles. The van der Waals surface area contributed by atoms with E-state index >= 15 is 4.79 Å². The van der Waals surface area contributed by atoms with Crippen LogP contribution in [0, 0.1) is 29.1 Å². The van der Waals surface area contributed by atoms with Gasteiger partial charge in [0.2, 0.25) is 5.91 Å². The van der Waals surface area contributed by atoms with Gasteiger partial charge >= 0.3 is 197 Å². The molecule has 7 rings (SSSR count). The molecular formula is C70H111N2O11P. The summed E-state index contributed by atoms with van der Waals surface area (Å²) in [7, 11) is 3.20. The van der Waals surface area contributed by atoms with Gasteiger partial charge in [-0.1, -0.05) is 34.6 Å². The van der Waals surface area contributed by atoms with Gasteiger partial charge in [-0.2, -0.15) is 0 Å². The second-order valence-corrected chi connectivity index (χ2v) is 31.6. The Hall–Kier alpha value is -3.33. The maximum Gasteiger partial charge on any atom is 0.309 e. The first-order valence-electron chi connectivity index (χ1n) is 32.5. The van der Waals surface area contributed by atoms with Gasteiger partial charge in [0.05, 0.1) is 53.7 Å². The van der Waals surface area contributed by atoms with Crippen LogP contribution in [0.2, 0.25) is 0 Å². The molecule has 3 heterocycles. The molecule has 1 amide bonds. The minimum absolute atomic E-state index is 0.0406. The van der Waals surface area contributed by atoms with Gasteiger partial charge in [0.25, 0.3) is 0 Å². The number of carbonyl (C=O) groups excluding carboxylic acids is 2. The monoisotopic (exact) mass is 1190 g/mol. The predicted octanol–water partition coefficient (Wildman–Crippen LogP) is 10.5. The van der Waals surface area contributed by atoms with Crippen molar-refractivity contribution in [2.24, 2.45) is 29.1 Å². The summed E-state index contributed by atoms with van der Waals surface area (Å²) in [5.74, 6) is -2.90. The number of fused-ring (bicyclic) bond motifs is 1. The molecule has 3 saturated heterocycles. The third kappa shape index (κ3) is 15.4. The standard InChI is InChI=1S/C70H111N2O11P/c1-14-70-47-67(70,8)62(75)52(6)72(59(73)41-33-22-20-18-16-15-17-19-21-23-34-42-84(54-35-27-24-28-36-54,55-37-29-25-30-38-55)56-39-31-26-32-40-56)46-48(2)44-68(9,78)64(82-66-61(74)57(71(11)12)43-49(3)80-66)50(4)60(51(5)65(77)83-70)58-45-69(10,79-13)63(76)53(7)81-58/h24-32,35-40,48-53,57-58,60-64,66,74-76,78,84H,14-23,33-34,41-47H2,1-13H3/t48-,49-,50+,51-,52-,53+,57+,58?,60+,61-,62-,63+,64-,66+,67+,68-,69-,70-/m1/s1. The molecular weight excluding hydrogens is 1080 g/mol. The number of carbonyl (C=O) groups is 2. The van der Waals surface area contributed by atoms with Crippen molar-refractivity contribution in [2.75, 3.05) is 33.9 Å². The summed E-state index contributed by atoms with van der Waals surface area (Å²) in [4.78, 5) is 33.5. The summed E-state index contributed by atoms with van der Waals surface area (Å²) in [5.41, 5.74) is -4.45. The largest absolute Gasteiger partial charge is 0.458 e. The average molecular weight is 1190 g/mol. The van der Waals surface area contributed by atoms with E-state index in [1.807, 2.05) is 79.3 Å². The molecule has 1 saturated carbocycles. The number of aliphatic hydroxyl groups excluding tert-OH is 3. The molecule has 84 heavy (non-hydrogen) atoms. The van der Waals surface area contributed by atoms with Crippen molar-refractivity contribution in [3.63, 3.8) is 0 Å². The fourth-order valence-electron chi connectivity index (χ4n) is 15.8. The fraction of sp³-hybridized carbons (Fsp3) is 0.714. The van der Waals surface area contributed by atoms with Crippen LogP contribution in [0.5, 0.6) is 0 Å². The molecule has 0 radical (unpaired) electrons. The Morgan fingerprint density at radius 2 is 1.24 bits per heavy atom. The van der Waals surface area contributed by atoms with Crippen LogP contribution < -0.4 is 15.9 Å². The maximum absolute atomic E-state index is 15.0. The molecule has 3 aromatic rings. The predicted molar refractivity (Wildman–Crippen MR) is 340 cm³/mol. The van der Waals surface area contributed by atoms with Crippen LogP contribution in [0.4, 0.5) is 0 Å². The quantitative estimate of drug-likeness (QED) is 0.0404. The third-order valence-electron chi connectivity index (χ3n) is 21.0. The van der Waals surface area contributed by atoms with Crippen molar-refractivity contribution >= 4 is 35.1 Å². The summed E-state index contributed by atoms with van der Waals surface area (Å²) in [6.07, 6.45) is 9.13. The smallest absolute Gasteiger partial charge is 0.309 e. The Kier molecular flexibility index (Phi) is 24.2. The van der Waals surface area contributed by atoms with Crippen molar-refractivity contribution < 1.29 is 53.7 Å². The van der Waals surface area contributed by atoms with Gasteiger partial charge in [-0.3, -0.25) is 9.59 Å². The van der Waals surface area contributed by atoms with Crippen molar-refractivity contribution in [3.8, 4) is 0 Å². The molecule has 4 fully saturated rings. The first kappa shape index (κ1) is 68.2.